The van der Waals surface area contributed by atoms with E-state index < -0.39 is 12.1 Å². The molecule has 0 aromatic rings. The number of aliphatic hydroxyl groups is 2. The molecule has 1 fully saturated rings. The monoisotopic (exact) mass is 220 g/mol. The Labute approximate surface area is 85.1 Å². The standard InChI is InChI=1S/C7H12N2O4S/c10-1-4(2-11)8-6(12)5-3-14-7(13)9-5/h4-5,10-11H,1-3H2,(H,8,12)(H,9,13). The molecule has 1 aliphatic rings. The van der Waals surface area contributed by atoms with E-state index in [9.17, 15) is 9.59 Å². The van der Waals surface area contributed by atoms with E-state index in [1.165, 1.54) is 0 Å². The molecule has 0 spiro atoms. The molecule has 1 unspecified atom stereocenters. The smallest absolute Gasteiger partial charge is 0.279 e. The lowest BCUT2D eigenvalue weighted by molar-refractivity contribution is -0.123. The highest BCUT2D eigenvalue weighted by atomic mass is 32.2. The Morgan fingerprint density at radius 3 is 2.71 bits per heavy atom. The molecule has 0 bridgehead atoms. The minimum atomic E-state index is -0.662. The molecule has 80 valence electrons. The summed E-state index contributed by atoms with van der Waals surface area (Å²) in [7, 11) is 0. The predicted octanol–water partition coefficient (Wildman–Crippen LogP) is -1.72. The summed E-state index contributed by atoms with van der Waals surface area (Å²) in [5.41, 5.74) is 0. The molecule has 14 heavy (non-hydrogen) atoms. The van der Waals surface area contributed by atoms with Crippen LogP contribution in [-0.2, 0) is 4.79 Å². The largest absolute Gasteiger partial charge is 0.394 e. The van der Waals surface area contributed by atoms with Gasteiger partial charge in [0.2, 0.25) is 5.91 Å². The number of amides is 2. The molecule has 0 aliphatic carbocycles. The third-order valence-electron chi connectivity index (χ3n) is 1.78. The maximum absolute atomic E-state index is 11.4. The van der Waals surface area contributed by atoms with Crippen LogP contribution in [0.3, 0.4) is 0 Å². The summed E-state index contributed by atoms with van der Waals surface area (Å²) in [4.78, 5) is 22.1. The van der Waals surface area contributed by atoms with Gasteiger partial charge in [-0.25, -0.2) is 0 Å². The van der Waals surface area contributed by atoms with E-state index in [2.05, 4.69) is 10.6 Å². The van der Waals surface area contributed by atoms with Crippen molar-refractivity contribution in [3.8, 4) is 0 Å². The summed E-state index contributed by atoms with van der Waals surface area (Å²) >= 11 is 1.04. The second-order valence-corrected chi connectivity index (χ2v) is 3.86. The first-order valence-electron chi connectivity index (χ1n) is 4.12. The lowest BCUT2D eigenvalue weighted by Gasteiger charge is -2.16. The molecule has 0 radical (unpaired) electrons. The van der Waals surface area contributed by atoms with Crippen molar-refractivity contribution in [2.24, 2.45) is 0 Å². The van der Waals surface area contributed by atoms with Gasteiger partial charge in [-0.2, -0.15) is 0 Å². The van der Waals surface area contributed by atoms with Crippen LogP contribution >= 0.6 is 11.8 Å². The molecular formula is C7H12N2O4S. The maximum Gasteiger partial charge on any atom is 0.279 e. The van der Waals surface area contributed by atoms with E-state index in [-0.39, 0.29) is 24.4 Å². The Morgan fingerprint density at radius 1 is 1.64 bits per heavy atom. The van der Waals surface area contributed by atoms with Crippen LogP contribution in [0.15, 0.2) is 0 Å². The fourth-order valence-electron chi connectivity index (χ4n) is 0.977. The quantitative estimate of drug-likeness (QED) is 0.452. The molecule has 1 aliphatic heterocycles. The van der Waals surface area contributed by atoms with Crippen LogP contribution in [-0.4, -0.2) is 52.4 Å². The van der Waals surface area contributed by atoms with Gasteiger partial charge in [0.1, 0.15) is 6.04 Å². The third-order valence-corrected chi connectivity index (χ3v) is 2.66. The summed E-state index contributed by atoms with van der Waals surface area (Å²) in [6.07, 6.45) is 0. The normalized spacial score (nSPS) is 21.1. The zero-order valence-corrected chi connectivity index (χ0v) is 8.21. The zero-order chi connectivity index (χ0) is 10.6. The number of aliphatic hydroxyl groups excluding tert-OH is 2. The van der Waals surface area contributed by atoms with Crippen LogP contribution < -0.4 is 10.6 Å². The summed E-state index contributed by atoms with van der Waals surface area (Å²) in [6, 6.07) is -1.22. The van der Waals surface area contributed by atoms with Gasteiger partial charge in [0.25, 0.3) is 5.24 Å². The minimum Gasteiger partial charge on any atom is -0.394 e. The number of nitrogens with one attached hydrogen (secondary N) is 2. The number of carbonyl (C=O) groups is 2. The summed E-state index contributed by atoms with van der Waals surface area (Å²) < 4.78 is 0. The first-order valence-corrected chi connectivity index (χ1v) is 5.11. The number of rotatable bonds is 4. The van der Waals surface area contributed by atoms with Gasteiger partial charge >= 0.3 is 0 Å². The fourth-order valence-corrected chi connectivity index (χ4v) is 1.75. The lowest BCUT2D eigenvalue weighted by atomic mass is 10.2. The molecule has 0 aromatic heterocycles. The Morgan fingerprint density at radius 2 is 2.29 bits per heavy atom. The van der Waals surface area contributed by atoms with Crippen LogP contribution in [0.1, 0.15) is 0 Å². The van der Waals surface area contributed by atoms with Gasteiger partial charge < -0.3 is 20.8 Å². The van der Waals surface area contributed by atoms with E-state index in [1.807, 2.05) is 0 Å². The van der Waals surface area contributed by atoms with E-state index >= 15 is 0 Å². The van der Waals surface area contributed by atoms with Crippen molar-refractivity contribution in [3.05, 3.63) is 0 Å². The minimum absolute atomic E-state index is 0.227. The van der Waals surface area contributed by atoms with Gasteiger partial charge in [-0.15, -0.1) is 0 Å². The van der Waals surface area contributed by atoms with E-state index in [0.717, 1.165) is 11.8 Å². The Bertz CT molecular complexity index is 232. The van der Waals surface area contributed by atoms with E-state index in [4.69, 9.17) is 10.2 Å². The van der Waals surface area contributed by atoms with Gasteiger partial charge in [-0.3, -0.25) is 9.59 Å². The Hall–Kier alpha value is -0.790. The zero-order valence-electron chi connectivity index (χ0n) is 7.40. The van der Waals surface area contributed by atoms with E-state index in [0.29, 0.717) is 5.75 Å². The SMILES string of the molecule is O=C1NC(C(=O)NC(CO)CO)CS1. The summed E-state index contributed by atoms with van der Waals surface area (Å²) in [6.45, 7) is -0.647. The highest BCUT2D eigenvalue weighted by Crippen LogP contribution is 2.12. The van der Waals surface area contributed by atoms with Crippen molar-refractivity contribution in [1.29, 1.82) is 0 Å². The van der Waals surface area contributed by atoms with E-state index in [1.54, 1.807) is 0 Å². The summed E-state index contributed by atoms with van der Waals surface area (Å²) in [5.74, 6) is 0.00489. The highest BCUT2D eigenvalue weighted by molar-refractivity contribution is 8.14. The van der Waals surface area contributed by atoms with Crippen molar-refractivity contribution in [2.45, 2.75) is 12.1 Å². The van der Waals surface area contributed by atoms with Crippen LogP contribution in [0, 0.1) is 0 Å². The maximum atomic E-state index is 11.4. The Kier molecular flexibility index (Phi) is 4.18. The van der Waals surface area contributed by atoms with Gasteiger partial charge in [0.05, 0.1) is 19.3 Å². The first kappa shape index (κ1) is 11.3. The second kappa shape index (κ2) is 5.18. The van der Waals surface area contributed by atoms with Crippen LogP contribution in [0.4, 0.5) is 4.79 Å². The molecule has 1 saturated heterocycles. The number of hydrogen-bond donors (Lipinski definition) is 4. The van der Waals surface area contributed by atoms with Gasteiger partial charge in [-0.05, 0) is 0 Å². The molecule has 1 atom stereocenters. The molecule has 6 nitrogen and oxygen atoms in total. The van der Waals surface area contributed by atoms with Crippen molar-refractivity contribution >= 4 is 22.9 Å². The average molecular weight is 220 g/mol. The van der Waals surface area contributed by atoms with Crippen LogP contribution in [0.25, 0.3) is 0 Å². The average Bonchev–Trinajstić information content (AvgIpc) is 2.61. The van der Waals surface area contributed by atoms with Crippen molar-refractivity contribution in [2.75, 3.05) is 19.0 Å². The van der Waals surface area contributed by atoms with Crippen LogP contribution in [0.2, 0.25) is 0 Å². The molecule has 0 saturated carbocycles. The fraction of sp³-hybridized carbons (Fsp3) is 0.714. The number of hydrogen-bond acceptors (Lipinski definition) is 5. The molecular weight excluding hydrogens is 208 g/mol. The topological polar surface area (TPSA) is 98.7 Å². The molecule has 1 heterocycles. The van der Waals surface area contributed by atoms with Gasteiger partial charge in [-0.1, -0.05) is 11.8 Å². The van der Waals surface area contributed by atoms with Gasteiger partial charge in [0.15, 0.2) is 0 Å². The van der Waals surface area contributed by atoms with Crippen molar-refractivity contribution in [3.63, 3.8) is 0 Å². The molecule has 2 amide bonds. The van der Waals surface area contributed by atoms with Crippen molar-refractivity contribution < 1.29 is 19.8 Å². The highest BCUT2D eigenvalue weighted by Gasteiger charge is 2.28. The second-order valence-electron chi connectivity index (χ2n) is 2.87. The van der Waals surface area contributed by atoms with Crippen molar-refractivity contribution in [1.82, 2.24) is 10.6 Å². The molecule has 1 rings (SSSR count). The van der Waals surface area contributed by atoms with Gasteiger partial charge in [0, 0.05) is 5.75 Å². The number of carbonyl (C=O) groups excluding carboxylic acids is 2. The Balaban J connectivity index is 2.38. The van der Waals surface area contributed by atoms with Crippen LogP contribution in [0.5, 0.6) is 0 Å². The lowest BCUT2D eigenvalue weighted by Crippen LogP contribution is -2.49. The first-order chi connectivity index (χ1) is 6.67. The predicted molar refractivity (Wildman–Crippen MR) is 50.9 cm³/mol. The summed E-state index contributed by atoms with van der Waals surface area (Å²) in [5, 5.41) is 22.0. The molecule has 4 N–H and O–H groups in total. The molecule has 7 heteroatoms. The number of thioether (sulfide) groups is 1. The molecule has 0 aromatic carbocycles. The third kappa shape index (κ3) is 2.86.